The molecule has 0 saturated carbocycles. The van der Waals surface area contributed by atoms with E-state index in [0.29, 0.717) is 5.71 Å². The molecule has 1 atom stereocenters. The van der Waals surface area contributed by atoms with Crippen LogP contribution in [0.4, 0.5) is 0 Å². The third-order valence-electron chi connectivity index (χ3n) is 2.61. The van der Waals surface area contributed by atoms with Crippen LogP contribution in [0.25, 0.3) is 0 Å². The Morgan fingerprint density at radius 1 is 1.50 bits per heavy atom. The van der Waals surface area contributed by atoms with Gasteiger partial charge in [-0.3, -0.25) is 9.59 Å². The Morgan fingerprint density at radius 3 is 2.61 bits per heavy atom. The fourth-order valence-electron chi connectivity index (χ4n) is 1.57. The number of methoxy groups -OCH3 is 1. The molecule has 0 aliphatic carbocycles. The number of esters is 1. The highest BCUT2D eigenvalue weighted by Gasteiger charge is 2.35. The molecule has 0 N–H and O–H groups in total. The zero-order chi connectivity index (χ0) is 13.9. The predicted octanol–water partition coefficient (Wildman–Crippen LogP) is -0.572. The minimum Gasteiger partial charge on any atom is -0.469 e. The number of carbonyl (C=O) groups is 2. The molecule has 1 unspecified atom stereocenters. The van der Waals surface area contributed by atoms with Crippen LogP contribution in [0.15, 0.2) is 5.10 Å². The van der Waals surface area contributed by atoms with E-state index < -0.39 is 21.7 Å². The Balaban J connectivity index is 2.66. The molecule has 18 heavy (non-hydrogen) atoms. The smallest absolute Gasteiger partial charge is 0.306 e. The van der Waals surface area contributed by atoms with Crippen LogP contribution in [-0.4, -0.2) is 56.7 Å². The lowest BCUT2D eigenvalue weighted by Crippen LogP contribution is -2.32. The molecule has 1 aliphatic heterocycles. The Kier molecular flexibility index (Phi) is 4.44. The van der Waals surface area contributed by atoms with Crippen LogP contribution in [0.5, 0.6) is 0 Å². The number of rotatable bonds is 5. The van der Waals surface area contributed by atoms with Crippen molar-refractivity contribution in [3.05, 3.63) is 0 Å². The molecule has 0 saturated heterocycles. The number of carbonyl (C=O) groups excluding carboxylic acids is 2. The number of ether oxygens (including phenoxy) is 1. The third-order valence-corrected chi connectivity index (χ3v) is 3.53. The molecule has 7 nitrogen and oxygen atoms in total. The number of amides is 1. The second-order valence-corrected chi connectivity index (χ2v) is 6.43. The van der Waals surface area contributed by atoms with Gasteiger partial charge in [0.1, 0.15) is 9.84 Å². The lowest BCUT2D eigenvalue weighted by molar-refractivity contribution is -0.144. The largest absolute Gasteiger partial charge is 0.469 e. The molecular formula is C10H16N2O5S. The minimum atomic E-state index is -3.15. The maximum absolute atomic E-state index is 11.9. The van der Waals surface area contributed by atoms with Gasteiger partial charge in [0.15, 0.2) is 0 Å². The average molecular weight is 276 g/mol. The number of hydrogen-bond donors (Lipinski definition) is 0. The standard InChI is InChI=1S/C10H16N2O5S/c1-7-8(6-9(13)17-2)10(14)12(11-7)4-5-18(3,15)16/h8H,4-6H2,1-3H3. The topological polar surface area (TPSA) is 93.1 Å². The van der Waals surface area contributed by atoms with Crippen molar-refractivity contribution in [1.29, 1.82) is 0 Å². The van der Waals surface area contributed by atoms with Gasteiger partial charge in [0.25, 0.3) is 5.91 Å². The molecule has 0 spiro atoms. The molecule has 0 aromatic heterocycles. The molecule has 0 fully saturated rings. The van der Waals surface area contributed by atoms with Gasteiger partial charge in [0.2, 0.25) is 0 Å². The van der Waals surface area contributed by atoms with Crippen molar-refractivity contribution >= 4 is 27.4 Å². The molecule has 102 valence electrons. The second-order valence-electron chi connectivity index (χ2n) is 4.17. The fraction of sp³-hybridized carbons (Fsp3) is 0.700. The van der Waals surface area contributed by atoms with Crippen LogP contribution in [-0.2, 0) is 24.2 Å². The van der Waals surface area contributed by atoms with Crippen LogP contribution in [0.1, 0.15) is 13.3 Å². The van der Waals surface area contributed by atoms with Crippen LogP contribution >= 0.6 is 0 Å². The summed E-state index contributed by atoms with van der Waals surface area (Å²) in [6.45, 7) is 1.64. The monoisotopic (exact) mass is 276 g/mol. The second kappa shape index (κ2) is 5.47. The average Bonchev–Trinajstić information content (AvgIpc) is 2.53. The first kappa shape index (κ1) is 14.6. The summed E-state index contributed by atoms with van der Waals surface area (Å²) in [5.41, 5.74) is 0.499. The number of nitrogens with zero attached hydrogens (tertiary/aromatic N) is 2. The maximum Gasteiger partial charge on any atom is 0.306 e. The van der Waals surface area contributed by atoms with E-state index in [1.54, 1.807) is 6.92 Å². The van der Waals surface area contributed by atoms with Crippen LogP contribution < -0.4 is 0 Å². The van der Waals surface area contributed by atoms with Crippen molar-refractivity contribution in [3.8, 4) is 0 Å². The van der Waals surface area contributed by atoms with E-state index in [1.165, 1.54) is 7.11 Å². The summed E-state index contributed by atoms with van der Waals surface area (Å²) in [7, 11) is -1.91. The normalized spacial score (nSPS) is 19.9. The molecular weight excluding hydrogens is 260 g/mol. The SMILES string of the molecule is COC(=O)CC1C(=O)N(CCS(C)(=O)=O)N=C1C. The fourth-order valence-corrected chi connectivity index (χ4v) is 2.07. The maximum atomic E-state index is 11.9. The molecule has 1 aliphatic rings. The van der Waals surface area contributed by atoms with Gasteiger partial charge in [-0.2, -0.15) is 5.10 Å². The van der Waals surface area contributed by atoms with Gasteiger partial charge in [-0.15, -0.1) is 0 Å². The molecule has 0 bridgehead atoms. The number of sulfone groups is 1. The van der Waals surface area contributed by atoms with E-state index in [2.05, 4.69) is 9.84 Å². The van der Waals surface area contributed by atoms with E-state index in [9.17, 15) is 18.0 Å². The molecule has 1 heterocycles. The van der Waals surface area contributed by atoms with Gasteiger partial charge in [-0.1, -0.05) is 0 Å². The van der Waals surface area contributed by atoms with Crippen LogP contribution in [0, 0.1) is 5.92 Å². The Bertz CT molecular complexity index is 482. The van der Waals surface area contributed by atoms with Crippen molar-refractivity contribution in [2.75, 3.05) is 25.7 Å². The highest BCUT2D eigenvalue weighted by molar-refractivity contribution is 7.90. The van der Waals surface area contributed by atoms with Gasteiger partial charge >= 0.3 is 5.97 Å². The van der Waals surface area contributed by atoms with Gasteiger partial charge in [-0.05, 0) is 6.92 Å². The lowest BCUT2D eigenvalue weighted by Gasteiger charge is -2.13. The summed E-state index contributed by atoms with van der Waals surface area (Å²) in [6.07, 6.45) is 1.02. The molecule has 0 radical (unpaired) electrons. The summed E-state index contributed by atoms with van der Waals surface area (Å²) in [5.74, 6) is -1.65. The van der Waals surface area contributed by atoms with Crippen molar-refractivity contribution < 1.29 is 22.7 Å². The summed E-state index contributed by atoms with van der Waals surface area (Å²) in [4.78, 5) is 23.0. The quantitative estimate of drug-likeness (QED) is 0.627. The van der Waals surface area contributed by atoms with Crippen molar-refractivity contribution in [2.24, 2.45) is 11.0 Å². The summed E-state index contributed by atoms with van der Waals surface area (Å²) in [6, 6.07) is 0. The summed E-state index contributed by atoms with van der Waals surface area (Å²) < 4.78 is 26.5. The third kappa shape index (κ3) is 3.80. The molecule has 8 heteroatoms. The minimum absolute atomic E-state index is 0.00663. The van der Waals surface area contributed by atoms with Crippen LogP contribution in [0.3, 0.4) is 0 Å². The first-order valence-electron chi connectivity index (χ1n) is 5.35. The highest BCUT2D eigenvalue weighted by atomic mass is 32.2. The number of hydrazone groups is 1. The van der Waals surface area contributed by atoms with Gasteiger partial charge in [0, 0.05) is 12.0 Å². The summed E-state index contributed by atoms with van der Waals surface area (Å²) >= 11 is 0. The van der Waals surface area contributed by atoms with Crippen molar-refractivity contribution in [1.82, 2.24) is 5.01 Å². The zero-order valence-corrected chi connectivity index (χ0v) is 11.4. The first-order chi connectivity index (χ1) is 8.24. The first-order valence-corrected chi connectivity index (χ1v) is 7.41. The Labute approximate surface area is 106 Å². The summed E-state index contributed by atoms with van der Waals surface area (Å²) in [5, 5.41) is 5.07. The van der Waals surface area contributed by atoms with Crippen LogP contribution in [0.2, 0.25) is 0 Å². The van der Waals surface area contributed by atoms with Gasteiger partial charge in [0.05, 0.1) is 31.7 Å². The van der Waals surface area contributed by atoms with Gasteiger partial charge in [-0.25, -0.2) is 13.4 Å². The number of hydrogen-bond acceptors (Lipinski definition) is 6. The van der Waals surface area contributed by atoms with E-state index >= 15 is 0 Å². The van der Waals surface area contributed by atoms with Crippen molar-refractivity contribution in [3.63, 3.8) is 0 Å². The zero-order valence-electron chi connectivity index (χ0n) is 10.5. The van der Waals surface area contributed by atoms with Crippen molar-refractivity contribution in [2.45, 2.75) is 13.3 Å². The van der Waals surface area contributed by atoms with E-state index in [0.717, 1.165) is 11.3 Å². The highest BCUT2D eigenvalue weighted by Crippen LogP contribution is 2.19. The molecule has 1 amide bonds. The molecule has 1 rings (SSSR count). The Hall–Kier alpha value is -1.44. The van der Waals surface area contributed by atoms with E-state index in [1.807, 2.05) is 0 Å². The lowest BCUT2D eigenvalue weighted by atomic mass is 10.0. The predicted molar refractivity (Wildman–Crippen MR) is 64.7 cm³/mol. The molecule has 0 aromatic carbocycles. The van der Waals surface area contributed by atoms with Gasteiger partial charge < -0.3 is 4.74 Å². The van der Waals surface area contributed by atoms with E-state index in [4.69, 9.17) is 0 Å². The molecule has 0 aromatic rings. The Morgan fingerprint density at radius 2 is 2.11 bits per heavy atom. The van der Waals surface area contributed by atoms with E-state index in [-0.39, 0.29) is 24.6 Å².